The normalized spacial score (nSPS) is 14.9. The molecule has 0 unspecified atom stereocenters. The summed E-state index contributed by atoms with van der Waals surface area (Å²) in [5.74, 6) is -2.57. The SMILES string of the molecule is O=C(O)C[C@H](NC(=O)c1ccncc1)C(=O)NC1CCN(C(=O)/C=C/c2cc3ccsc3c(Cl)c2Cl)CC1. The summed E-state index contributed by atoms with van der Waals surface area (Å²) < 4.78 is 0.895. The van der Waals surface area contributed by atoms with Gasteiger partial charge in [-0.05, 0) is 59.5 Å². The molecule has 3 aromatic rings. The van der Waals surface area contributed by atoms with Gasteiger partial charge in [0.2, 0.25) is 11.8 Å². The average Bonchev–Trinajstić information content (AvgIpc) is 3.39. The van der Waals surface area contributed by atoms with Gasteiger partial charge in [-0.2, -0.15) is 0 Å². The van der Waals surface area contributed by atoms with Gasteiger partial charge < -0.3 is 20.6 Å². The molecule has 0 aliphatic carbocycles. The summed E-state index contributed by atoms with van der Waals surface area (Å²) in [6.45, 7) is 0.804. The maximum absolute atomic E-state index is 12.8. The molecule has 12 heteroatoms. The summed E-state index contributed by atoms with van der Waals surface area (Å²) in [5.41, 5.74) is 0.915. The van der Waals surface area contributed by atoms with E-state index in [1.165, 1.54) is 41.9 Å². The van der Waals surface area contributed by atoms with Gasteiger partial charge in [0.05, 0.1) is 21.2 Å². The van der Waals surface area contributed by atoms with Crippen molar-refractivity contribution in [1.29, 1.82) is 0 Å². The van der Waals surface area contributed by atoms with Gasteiger partial charge in [-0.15, -0.1) is 11.3 Å². The molecule has 0 bridgehead atoms. The zero-order valence-electron chi connectivity index (χ0n) is 20.0. The van der Waals surface area contributed by atoms with Crippen LogP contribution in [0.5, 0.6) is 0 Å². The van der Waals surface area contributed by atoms with Gasteiger partial charge in [0, 0.05) is 43.2 Å². The van der Waals surface area contributed by atoms with Crippen molar-refractivity contribution in [1.82, 2.24) is 20.5 Å². The monoisotopic (exact) mass is 574 g/mol. The lowest BCUT2D eigenvalue weighted by Crippen LogP contribution is -2.53. The number of pyridine rings is 1. The van der Waals surface area contributed by atoms with E-state index in [0.29, 0.717) is 41.5 Å². The van der Waals surface area contributed by atoms with Gasteiger partial charge in [0.1, 0.15) is 6.04 Å². The molecule has 9 nitrogen and oxygen atoms in total. The standard InChI is InChI=1S/C26H24Cl2N4O5S/c27-22-16(13-17-7-12-38-24(17)23(22)28)1-2-20(33)32-10-5-18(6-11-32)30-26(37)19(14-21(34)35)31-25(36)15-3-8-29-9-4-15/h1-4,7-9,12-13,18-19H,5-6,10-11,14H2,(H,30,37)(H,31,36)(H,34,35)/b2-1+/t19-/m0/s1. The zero-order valence-corrected chi connectivity index (χ0v) is 22.4. The van der Waals surface area contributed by atoms with Crippen LogP contribution in [0.25, 0.3) is 16.2 Å². The third kappa shape index (κ3) is 6.69. The van der Waals surface area contributed by atoms with Crippen LogP contribution in [0.3, 0.4) is 0 Å². The van der Waals surface area contributed by atoms with E-state index in [2.05, 4.69) is 15.6 Å². The quantitative estimate of drug-likeness (QED) is 0.349. The third-order valence-corrected chi connectivity index (χ3v) is 8.10. The predicted octanol–water partition coefficient (Wildman–Crippen LogP) is 4.00. The summed E-state index contributed by atoms with van der Waals surface area (Å²) in [4.78, 5) is 54.8. The fraction of sp³-hybridized carbons (Fsp3) is 0.269. The number of rotatable bonds is 8. The Balaban J connectivity index is 1.32. The van der Waals surface area contributed by atoms with E-state index in [1.54, 1.807) is 11.0 Å². The van der Waals surface area contributed by atoms with Gasteiger partial charge in [0.15, 0.2) is 0 Å². The van der Waals surface area contributed by atoms with Crippen LogP contribution in [0.1, 0.15) is 35.2 Å². The molecule has 3 heterocycles. The largest absolute Gasteiger partial charge is 0.481 e. The zero-order chi connectivity index (χ0) is 27.2. The van der Waals surface area contributed by atoms with Crippen LogP contribution < -0.4 is 10.6 Å². The minimum absolute atomic E-state index is 0.194. The lowest BCUT2D eigenvalue weighted by atomic mass is 10.0. The molecule has 38 heavy (non-hydrogen) atoms. The Bertz CT molecular complexity index is 1390. The lowest BCUT2D eigenvalue weighted by Gasteiger charge is -2.32. The third-order valence-electron chi connectivity index (χ3n) is 6.15. The van der Waals surface area contributed by atoms with Gasteiger partial charge in [-0.3, -0.25) is 24.2 Å². The van der Waals surface area contributed by atoms with Crippen LogP contribution in [0, 0.1) is 0 Å². The lowest BCUT2D eigenvalue weighted by molar-refractivity contribution is -0.140. The van der Waals surface area contributed by atoms with Crippen LogP contribution in [-0.2, 0) is 14.4 Å². The van der Waals surface area contributed by atoms with Crippen molar-refractivity contribution < 1.29 is 24.3 Å². The minimum Gasteiger partial charge on any atom is -0.481 e. The number of amides is 3. The number of halogens is 2. The van der Waals surface area contributed by atoms with E-state index in [9.17, 15) is 24.3 Å². The topological polar surface area (TPSA) is 129 Å². The van der Waals surface area contributed by atoms with E-state index in [1.807, 2.05) is 17.5 Å². The number of carbonyl (C=O) groups is 4. The van der Waals surface area contributed by atoms with Gasteiger partial charge in [-0.1, -0.05) is 23.2 Å². The summed E-state index contributed by atoms with van der Waals surface area (Å²) in [7, 11) is 0. The average molecular weight is 575 g/mol. The summed E-state index contributed by atoms with van der Waals surface area (Å²) >= 11 is 14.2. The minimum atomic E-state index is -1.24. The Morgan fingerprint density at radius 2 is 1.84 bits per heavy atom. The second kappa shape index (κ2) is 12.4. The number of aromatic nitrogens is 1. The van der Waals surface area contributed by atoms with Crippen molar-refractivity contribution in [2.75, 3.05) is 13.1 Å². The van der Waals surface area contributed by atoms with E-state index >= 15 is 0 Å². The number of likely N-dealkylation sites (tertiary alicyclic amines) is 1. The number of piperidine rings is 1. The van der Waals surface area contributed by atoms with Crippen molar-refractivity contribution in [2.45, 2.75) is 31.3 Å². The molecule has 0 radical (unpaired) electrons. The van der Waals surface area contributed by atoms with E-state index in [4.69, 9.17) is 23.2 Å². The molecule has 198 valence electrons. The van der Waals surface area contributed by atoms with Crippen molar-refractivity contribution in [3.8, 4) is 0 Å². The Kier molecular flexibility index (Phi) is 8.98. The number of thiophene rings is 1. The van der Waals surface area contributed by atoms with E-state index < -0.39 is 30.2 Å². The van der Waals surface area contributed by atoms with E-state index in [0.717, 1.165) is 10.1 Å². The van der Waals surface area contributed by atoms with Crippen LogP contribution in [0.15, 0.2) is 48.1 Å². The summed E-state index contributed by atoms with van der Waals surface area (Å²) in [6.07, 6.45) is 6.35. The smallest absolute Gasteiger partial charge is 0.305 e. The summed E-state index contributed by atoms with van der Waals surface area (Å²) in [5, 5.41) is 18.2. The van der Waals surface area contributed by atoms with Crippen LogP contribution in [0.2, 0.25) is 10.0 Å². The first-order chi connectivity index (χ1) is 18.2. The second-order valence-corrected chi connectivity index (χ2v) is 10.4. The number of aliphatic carboxylic acids is 1. The number of hydrogen-bond acceptors (Lipinski definition) is 6. The van der Waals surface area contributed by atoms with Crippen LogP contribution in [-0.4, -0.2) is 63.9 Å². The van der Waals surface area contributed by atoms with Crippen LogP contribution in [0.4, 0.5) is 0 Å². The molecular formula is C26H24Cl2N4O5S. The maximum atomic E-state index is 12.8. The highest BCUT2D eigenvalue weighted by Gasteiger charge is 2.28. The first kappa shape index (κ1) is 27.6. The van der Waals surface area contributed by atoms with Crippen LogP contribution >= 0.6 is 34.5 Å². The highest BCUT2D eigenvalue weighted by Crippen LogP contribution is 2.37. The molecule has 4 rings (SSSR count). The number of carboxylic acid groups (broad SMARTS) is 1. The highest BCUT2D eigenvalue weighted by molar-refractivity contribution is 7.18. The Hall–Kier alpha value is -3.47. The van der Waals surface area contributed by atoms with Gasteiger partial charge in [0.25, 0.3) is 5.91 Å². The maximum Gasteiger partial charge on any atom is 0.305 e. The number of benzene rings is 1. The predicted molar refractivity (Wildman–Crippen MR) is 146 cm³/mol. The fourth-order valence-electron chi connectivity index (χ4n) is 4.13. The van der Waals surface area contributed by atoms with Crippen molar-refractivity contribution >= 4 is 74.4 Å². The molecule has 3 amide bonds. The Morgan fingerprint density at radius 1 is 1.13 bits per heavy atom. The molecule has 0 saturated carbocycles. The molecule has 1 fully saturated rings. The van der Waals surface area contributed by atoms with E-state index in [-0.39, 0.29) is 17.5 Å². The van der Waals surface area contributed by atoms with Gasteiger partial charge in [-0.25, -0.2) is 0 Å². The first-order valence-corrected chi connectivity index (χ1v) is 13.4. The number of carbonyl (C=O) groups excluding carboxylic acids is 3. The Labute approximate surface area is 232 Å². The van der Waals surface area contributed by atoms with Gasteiger partial charge >= 0.3 is 5.97 Å². The number of fused-ring (bicyclic) bond motifs is 1. The molecule has 3 N–H and O–H groups in total. The second-order valence-electron chi connectivity index (χ2n) is 8.73. The summed E-state index contributed by atoms with van der Waals surface area (Å²) in [6, 6.07) is 5.25. The Morgan fingerprint density at radius 3 is 2.53 bits per heavy atom. The molecule has 1 aromatic carbocycles. The van der Waals surface area contributed by atoms with Crippen molar-refractivity contribution in [3.63, 3.8) is 0 Å². The molecule has 1 saturated heterocycles. The molecule has 1 atom stereocenters. The molecule has 1 aliphatic heterocycles. The number of nitrogens with one attached hydrogen (secondary N) is 2. The highest BCUT2D eigenvalue weighted by atomic mass is 35.5. The fourth-order valence-corrected chi connectivity index (χ4v) is 5.57. The molecule has 2 aromatic heterocycles. The first-order valence-electron chi connectivity index (χ1n) is 11.8. The van der Waals surface area contributed by atoms with Crippen molar-refractivity contribution in [3.05, 3.63) is 69.3 Å². The number of nitrogens with zero attached hydrogens (tertiary/aromatic N) is 2. The number of carboxylic acids is 1. The molecule has 0 spiro atoms. The number of hydrogen-bond donors (Lipinski definition) is 3. The molecular weight excluding hydrogens is 551 g/mol. The molecule has 1 aliphatic rings. The van der Waals surface area contributed by atoms with Crippen molar-refractivity contribution in [2.24, 2.45) is 0 Å².